The van der Waals surface area contributed by atoms with Crippen molar-refractivity contribution in [2.45, 2.75) is 83.2 Å². The number of fused-ring (bicyclic) bond motifs is 8. The van der Waals surface area contributed by atoms with Crippen molar-refractivity contribution in [3.63, 3.8) is 0 Å². The lowest BCUT2D eigenvalue weighted by Crippen LogP contribution is -2.57. The SMILES string of the molecule is C[C@]12CCC3C(C1CCC2O)[C@@H]1O[C@@H]1[C@H]1C[C@@H](O)CC[C@]31C. The first-order valence-electron chi connectivity index (χ1n) is 9.47. The molecule has 1 aliphatic heterocycles. The van der Waals surface area contributed by atoms with E-state index in [-0.39, 0.29) is 17.6 Å². The third kappa shape index (κ3) is 1.58. The van der Waals surface area contributed by atoms with Crippen LogP contribution in [-0.2, 0) is 4.74 Å². The summed E-state index contributed by atoms with van der Waals surface area (Å²) >= 11 is 0. The molecule has 4 unspecified atom stereocenters. The Hall–Kier alpha value is -0.120. The average molecular weight is 306 g/mol. The molecule has 0 aromatic carbocycles. The van der Waals surface area contributed by atoms with Crippen LogP contribution >= 0.6 is 0 Å². The first-order chi connectivity index (χ1) is 10.4. The Kier molecular flexibility index (Phi) is 2.77. The van der Waals surface area contributed by atoms with E-state index in [1.807, 2.05) is 0 Å². The summed E-state index contributed by atoms with van der Waals surface area (Å²) in [5, 5.41) is 20.7. The Morgan fingerprint density at radius 2 is 1.55 bits per heavy atom. The van der Waals surface area contributed by atoms with Crippen molar-refractivity contribution in [2.75, 3.05) is 0 Å². The second kappa shape index (κ2) is 4.29. The first-order valence-corrected chi connectivity index (χ1v) is 9.47. The highest BCUT2D eigenvalue weighted by atomic mass is 16.6. The van der Waals surface area contributed by atoms with Crippen LogP contribution in [0, 0.1) is 34.5 Å². The van der Waals surface area contributed by atoms with Crippen LogP contribution in [0.1, 0.15) is 58.8 Å². The summed E-state index contributed by atoms with van der Waals surface area (Å²) in [6.07, 6.45) is 8.32. The fraction of sp³-hybridized carbons (Fsp3) is 1.00. The van der Waals surface area contributed by atoms with Gasteiger partial charge >= 0.3 is 0 Å². The zero-order valence-corrected chi connectivity index (χ0v) is 13.9. The predicted molar refractivity (Wildman–Crippen MR) is 83.2 cm³/mol. The number of aliphatic hydroxyl groups excluding tert-OH is 2. The van der Waals surface area contributed by atoms with Crippen LogP contribution in [0.5, 0.6) is 0 Å². The summed E-state index contributed by atoms with van der Waals surface area (Å²) in [6.45, 7) is 4.83. The third-order valence-corrected chi connectivity index (χ3v) is 8.86. The molecule has 0 spiro atoms. The highest BCUT2D eigenvalue weighted by Gasteiger charge is 2.70. The highest BCUT2D eigenvalue weighted by Crippen LogP contribution is 2.70. The minimum absolute atomic E-state index is 0.102. The molecule has 124 valence electrons. The fourth-order valence-corrected chi connectivity index (χ4v) is 7.48. The van der Waals surface area contributed by atoms with Crippen molar-refractivity contribution in [2.24, 2.45) is 34.5 Å². The van der Waals surface area contributed by atoms with Gasteiger partial charge in [0.1, 0.15) is 0 Å². The molecule has 2 N–H and O–H groups in total. The second-order valence-corrected chi connectivity index (χ2v) is 9.53. The number of epoxide rings is 1. The zero-order valence-electron chi connectivity index (χ0n) is 13.9. The summed E-state index contributed by atoms with van der Waals surface area (Å²) in [6, 6.07) is 0. The Morgan fingerprint density at radius 3 is 2.36 bits per heavy atom. The molecule has 0 bridgehead atoms. The van der Waals surface area contributed by atoms with Crippen molar-refractivity contribution in [3.05, 3.63) is 0 Å². The van der Waals surface area contributed by atoms with E-state index in [4.69, 9.17) is 4.74 Å². The van der Waals surface area contributed by atoms with Crippen molar-refractivity contribution in [3.8, 4) is 0 Å². The van der Waals surface area contributed by atoms with E-state index in [1.165, 1.54) is 25.7 Å². The molecule has 4 aliphatic carbocycles. The van der Waals surface area contributed by atoms with Gasteiger partial charge in [-0.05, 0) is 79.4 Å². The van der Waals surface area contributed by atoms with Crippen LogP contribution in [0.15, 0.2) is 0 Å². The van der Waals surface area contributed by atoms with E-state index in [9.17, 15) is 10.2 Å². The van der Waals surface area contributed by atoms with Crippen LogP contribution in [0.2, 0.25) is 0 Å². The van der Waals surface area contributed by atoms with Gasteiger partial charge in [-0.1, -0.05) is 13.8 Å². The Morgan fingerprint density at radius 1 is 0.818 bits per heavy atom. The number of rotatable bonds is 0. The molecule has 0 radical (unpaired) electrons. The molecule has 0 aromatic rings. The quantitative estimate of drug-likeness (QED) is 0.677. The van der Waals surface area contributed by atoms with Crippen LogP contribution < -0.4 is 0 Å². The molecule has 5 fully saturated rings. The normalized spacial score (nSPS) is 66.0. The number of hydrogen-bond donors (Lipinski definition) is 2. The number of hydrogen-bond acceptors (Lipinski definition) is 3. The maximum absolute atomic E-state index is 10.5. The molecular weight excluding hydrogens is 276 g/mol. The maximum Gasteiger partial charge on any atom is 0.0879 e. The topological polar surface area (TPSA) is 53.0 Å². The van der Waals surface area contributed by atoms with Gasteiger partial charge in [-0.3, -0.25) is 0 Å². The van der Waals surface area contributed by atoms with Crippen molar-refractivity contribution >= 4 is 0 Å². The van der Waals surface area contributed by atoms with Gasteiger partial charge in [-0.15, -0.1) is 0 Å². The molecule has 4 saturated carbocycles. The minimum atomic E-state index is -0.110. The summed E-state index contributed by atoms with van der Waals surface area (Å²) in [4.78, 5) is 0. The average Bonchev–Trinajstić information content (AvgIpc) is 3.22. The van der Waals surface area contributed by atoms with Gasteiger partial charge in [-0.2, -0.15) is 0 Å². The van der Waals surface area contributed by atoms with E-state index < -0.39 is 0 Å². The Bertz CT molecular complexity index is 493. The van der Waals surface area contributed by atoms with Crippen molar-refractivity contribution < 1.29 is 14.9 Å². The van der Waals surface area contributed by atoms with Gasteiger partial charge in [0.25, 0.3) is 0 Å². The second-order valence-electron chi connectivity index (χ2n) is 9.53. The molecular formula is C19H30O3. The molecule has 3 heteroatoms. The number of ether oxygens (including phenoxy) is 1. The molecule has 10 atom stereocenters. The molecule has 22 heavy (non-hydrogen) atoms. The van der Waals surface area contributed by atoms with Crippen molar-refractivity contribution in [1.29, 1.82) is 0 Å². The van der Waals surface area contributed by atoms with Gasteiger partial charge in [0.15, 0.2) is 0 Å². The highest BCUT2D eigenvalue weighted by molar-refractivity contribution is 5.18. The first kappa shape index (κ1) is 14.2. The van der Waals surface area contributed by atoms with E-state index in [0.717, 1.165) is 25.2 Å². The van der Waals surface area contributed by atoms with E-state index in [0.29, 0.717) is 35.4 Å². The van der Waals surface area contributed by atoms with E-state index in [2.05, 4.69) is 13.8 Å². The van der Waals surface area contributed by atoms with Crippen LogP contribution in [0.25, 0.3) is 0 Å². The zero-order chi connectivity index (χ0) is 15.3. The molecule has 3 nitrogen and oxygen atoms in total. The van der Waals surface area contributed by atoms with E-state index >= 15 is 0 Å². The van der Waals surface area contributed by atoms with Gasteiger partial charge < -0.3 is 14.9 Å². The molecule has 5 aliphatic rings. The summed E-state index contributed by atoms with van der Waals surface area (Å²) < 4.78 is 6.23. The van der Waals surface area contributed by atoms with Crippen LogP contribution in [0.4, 0.5) is 0 Å². The fourth-order valence-electron chi connectivity index (χ4n) is 7.48. The van der Waals surface area contributed by atoms with Gasteiger partial charge in [-0.25, -0.2) is 0 Å². The lowest BCUT2D eigenvalue weighted by atomic mass is 9.45. The lowest BCUT2D eigenvalue weighted by Gasteiger charge is -2.59. The standard InChI is InChI=1S/C19H30O3/c1-18-7-5-10(20)9-13(18)16-17(22-16)15-11-3-4-14(21)19(11,2)8-6-12(15)18/h10-17,20-21H,3-9H2,1-2H3/t10-,11?,12?,13+,14?,15?,16+,17-,18+,19-/m0/s1. The predicted octanol–water partition coefficient (Wildman–Crippen LogP) is 2.74. The monoisotopic (exact) mass is 306 g/mol. The van der Waals surface area contributed by atoms with Crippen LogP contribution in [0.3, 0.4) is 0 Å². The lowest BCUT2D eigenvalue weighted by molar-refractivity contribution is -0.120. The van der Waals surface area contributed by atoms with Gasteiger partial charge in [0.05, 0.1) is 24.4 Å². The Balaban J connectivity index is 1.52. The minimum Gasteiger partial charge on any atom is -0.393 e. The summed E-state index contributed by atoms with van der Waals surface area (Å²) in [7, 11) is 0. The third-order valence-electron chi connectivity index (χ3n) is 8.86. The van der Waals surface area contributed by atoms with Gasteiger partial charge in [0.2, 0.25) is 0 Å². The van der Waals surface area contributed by atoms with Gasteiger partial charge in [0, 0.05) is 0 Å². The summed E-state index contributed by atoms with van der Waals surface area (Å²) in [5.74, 6) is 2.63. The molecule has 0 aromatic heterocycles. The molecule has 1 saturated heterocycles. The van der Waals surface area contributed by atoms with E-state index in [1.54, 1.807) is 0 Å². The molecule has 1 heterocycles. The smallest absolute Gasteiger partial charge is 0.0879 e. The van der Waals surface area contributed by atoms with Crippen molar-refractivity contribution in [1.82, 2.24) is 0 Å². The number of aliphatic hydroxyl groups is 2. The summed E-state index contributed by atoms with van der Waals surface area (Å²) in [5.41, 5.74) is 0.492. The molecule has 5 rings (SSSR count). The van der Waals surface area contributed by atoms with Crippen LogP contribution in [-0.4, -0.2) is 34.6 Å². The largest absolute Gasteiger partial charge is 0.393 e. The Labute approximate surface area is 133 Å². The maximum atomic E-state index is 10.5. The molecule has 0 amide bonds.